The molecule has 0 aliphatic heterocycles. The summed E-state index contributed by atoms with van der Waals surface area (Å²) >= 11 is 16.0. The van der Waals surface area contributed by atoms with Crippen LogP contribution in [-0.4, -0.2) is 14.3 Å². The lowest BCUT2D eigenvalue weighted by molar-refractivity contribution is 0.0918. The zero-order chi connectivity index (χ0) is 10.1. The molecule has 68 valence electrons. The van der Waals surface area contributed by atoms with Crippen molar-refractivity contribution >= 4 is 40.7 Å². The molecule has 0 spiro atoms. The average Bonchev–Trinajstić information content (AvgIpc) is 2.48. The van der Waals surface area contributed by atoms with Crippen LogP contribution in [0.25, 0.3) is 0 Å². The van der Waals surface area contributed by atoms with Crippen molar-refractivity contribution < 1.29 is 4.79 Å². The molecule has 0 saturated carbocycles. The number of halogens is 3. The maximum Gasteiger partial charge on any atom is 0.282 e. The van der Waals surface area contributed by atoms with Gasteiger partial charge in [-0.2, -0.15) is 5.26 Å². The van der Waals surface area contributed by atoms with E-state index in [4.69, 9.17) is 40.1 Å². The van der Waals surface area contributed by atoms with E-state index in [9.17, 15) is 4.79 Å². The van der Waals surface area contributed by atoms with Crippen molar-refractivity contribution in [3.8, 4) is 6.07 Å². The lowest BCUT2D eigenvalue weighted by Crippen LogP contribution is -2.24. The van der Waals surface area contributed by atoms with Crippen LogP contribution >= 0.6 is 34.8 Å². The molecular weight excluding hydrogens is 234 g/mol. The summed E-state index contributed by atoms with van der Waals surface area (Å²) in [6.07, 6.45) is 2.66. The molecule has 13 heavy (non-hydrogen) atoms. The van der Waals surface area contributed by atoms with E-state index in [1.54, 1.807) is 0 Å². The third-order valence-electron chi connectivity index (χ3n) is 1.30. The maximum absolute atomic E-state index is 11.3. The molecule has 0 N–H and O–H groups in total. The Balaban J connectivity index is 2.98. The average molecular weight is 237 g/mol. The van der Waals surface area contributed by atoms with Crippen LogP contribution in [0.5, 0.6) is 0 Å². The Morgan fingerprint density at radius 2 is 2.15 bits per heavy atom. The largest absolute Gasteiger partial charge is 0.290 e. The van der Waals surface area contributed by atoms with Gasteiger partial charge in [0.2, 0.25) is 0 Å². The maximum atomic E-state index is 11.3. The number of alkyl halides is 3. The van der Waals surface area contributed by atoms with E-state index in [2.05, 4.69) is 0 Å². The van der Waals surface area contributed by atoms with Crippen molar-refractivity contribution in [1.29, 1.82) is 5.26 Å². The normalized spacial score (nSPS) is 10.9. The Labute approximate surface area is 89.4 Å². The quantitative estimate of drug-likeness (QED) is 0.650. The molecule has 0 unspecified atom stereocenters. The highest BCUT2D eigenvalue weighted by Gasteiger charge is 2.31. The molecule has 0 aliphatic rings. The third kappa shape index (κ3) is 2.38. The van der Waals surface area contributed by atoms with Crippen LogP contribution < -0.4 is 0 Å². The number of carbonyl (C=O) groups is 1. The molecule has 0 saturated heterocycles. The topological polar surface area (TPSA) is 45.8 Å². The third-order valence-corrected chi connectivity index (χ3v) is 1.78. The minimum Gasteiger partial charge on any atom is -0.290 e. The lowest BCUT2D eigenvalue weighted by Gasteiger charge is -2.08. The van der Waals surface area contributed by atoms with E-state index in [1.807, 2.05) is 6.07 Å². The minimum absolute atomic E-state index is 0.336. The Morgan fingerprint density at radius 3 is 2.54 bits per heavy atom. The highest BCUT2D eigenvalue weighted by atomic mass is 35.6. The molecule has 0 radical (unpaired) electrons. The first-order valence-electron chi connectivity index (χ1n) is 3.15. The number of nitrogens with zero attached hydrogens (tertiary/aromatic N) is 2. The second-order valence-corrected chi connectivity index (χ2v) is 4.50. The first kappa shape index (κ1) is 10.4. The summed E-state index contributed by atoms with van der Waals surface area (Å²) in [6, 6.07) is 3.30. The van der Waals surface area contributed by atoms with E-state index in [0.717, 1.165) is 4.57 Å². The van der Waals surface area contributed by atoms with Crippen molar-refractivity contribution in [1.82, 2.24) is 4.57 Å². The summed E-state index contributed by atoms with van der Waals surface area (Å²) in [5.41, 5.74) is 0.336. The van der Waals surface area contributed by atoms with Crippen molar-refractivity contribution in [2.45, 2.75) is 3.79 Å². The van der Waals surface area contributed by atoms with Crippen molar-refractivity contribution in [2.24, 2.45) is 0 Å². The van der Waals surface area contributed by atoms with Gasteiger partial charge in [0.05, 0.1) is 5.56 Å². The van der Waals surface area contributed by atoms with E-state index in [0.29, 0.717) is 5.56 Å². The molecule has 0 fully saturated rings. The van der Waals surface area contributed by atoms with E-state index >= 15 is 0 Å². The predicted molar refractivity (Wildman–Crippen MR) is 50.1 cm³/mol. The van der Waals surface area contributed by atoms with Gasteiger partial charge in [-0.1, -0.05) is 34.8 Å². The van der Waals surface area contributed by atoms with Crippen LogP contribution in [0.15, 0.2) is 18.5 Å². The molecule has 1 rings (SSSR count). The van der Waals surface area contributed by atoms with Gasteiger partial charge in [-0.3, -0.25) is 9.36 Å². The standard InChI is InChI=1S/C7H3Cl3N2O/c8-7(9,10)6(13)12-2-1-5(3-11)4-12/h1-2,4H. The van der Waals surface area contributed by atoms with Gasteiger partial charge in [0.25, 0.3) is 9.70 Å². The lowest BCUT2D eigenvalue weighted by atomic mass is 10.4. The van der Waals surface area contributed by atoms with Crippen LogP contribution in [0.2, 0.25) is 0 Å². The molecule has 1 aromatic rings. The highest BCUT2D eigenvalue weighted by Crippen LogP contribution is 2.28. The second-order valence-electron chi connectivity index (χ2n) is 2.22. The van der Waals surface area contributed by atoms with Gasteiger partial charge in [-0.15, -0.1) is 0 Å². The van der Waals surface area contributed by atoms with Crippen molar-refractivity contribution in [2.75, 3.05) is 0 Å². The van der Waals surface area contributed by atoms with E-state index < -0.39 is 9.70 Å². The summed E-state index contributed by atoms with van der Waals surface area (Å²) in [6.45, 7) is 0. The Morgan fingerprint density at radius 1 is 1.54 bits per heavy atom. The van der Waals surface area contributed by atoms with Crippen LogP contribution in [-0.2, 0) is 0 Å². The first-order chi connectivity index (χ1) is 5.95. The molecule has 1 aromatic heterocycles. The van der Waals surface area contributed by atoms with E-state index in [1.165, 1.54) is 18.5 Å². The molecule has 0 bridgehead atoms. The molecule has 1 heterocycles. The van der Waals surface area contributed by atoms with E-state index in [-0.39, 0.29) is 0 Å². The Bertz CT molecular complexity index is 372. The van der Waals surface area contributed by atoms with Gasteiger partial charge >= 0.3 is 0 Å². The van der Waals surface area contributed by atoms with Gasteiger partial charge in [-0.05, 0) is 6.07 Å². The van der Waals surface area contributed by atoms with Crippen molar-refractivity contribution in [3.63, 3.8) is 0 Å². The van der Waals surface area contributed by atoms with Crippen molar-refractivity contribution in [3.05, 3.63) is 24.0 Å². The van der Waals surface area contributed by atoms with Gasteiger partial charge in [0, 0.05) is 12.4 Å². The molecule has 3 nitrogen and oxygen atoms in total. The number of hydrogen-bond acceptors (Lipinski definition) is 2. The van der Waals surface area contributed by atoms with Gasteiger partial charge < -0.3 is 0 Å². The summed E-state index contributed by atoms with van der Waals surface area (Å²) in [5, 5.41) is 8.46. The zero-order valence-electron chi connectivity index (χ0n) is 6.17. The smallest absolute Gasteiger partial charge is 0.282 e. The monoisotopic (exact) mass is 236 g/mol. The summed E-state index contributed by atoms with van der Waals surface area (Å²) < 4.78 is -0.933. The van der Waals surface area contributed by atoms with Crippen LogP contribution in [0.1, 0.15) is 10.4 Å². The summed E-state index contributed by atoms with van der Waals surface area (Å²) in [4.78, 5) is 11.3. The Hall–Kier alpha value is -0.690. The molecule has 0 aliphatic carbocycles. The predicted octanol–water partition coefficient (Wildman–Crippen LogP) is 2.37. The highest BCUT2D eigenvalue weighted by molar-refractivity contribution is 6.76. The van der Waals surface area contributed by atoms with Gasteiger partial charge in [0.15, 0.2) is 0 Å². The number of hydrogen-bond donors (Lipinski definition) is 0. The zero-order valence-corrected chi connectivity index (χ0v) is 8.44. The Kier molecular flexibility index (Phi) is 2.87. The fourth-order valence-electron chi connectivity index (χ4n) is 0.735. The fraction of sp³-hybridized carbons (Fsp3) is 0.143. The number of carbonyl (C=O) groups excluding carboxylic acids is 1. The molecule has 6 heteroatoms. The minimum atomic E-state index is -1.99. The SMILES string of the molecule is N#Cc1ccn(C(=O)C(Cl)(Cl)Cl)c1. The molecule has 0 amide bonds. The van der Waals surface area contributed by atoms with Gasteiger partial charge in [0.1, 0.15) is 6.07 Å². The summed E-state index contributed by atoms with van der Waals surface area (Å²) in [7, 11) is 0. The van der Waals surface area contributed by atoms with Crippen LogP contribution in [0, 0.1) is 11.3 Å². The van der Waals surface area contributed by atoms with Crippen LogP contribution in [0.3, 0.4) is 0 Å². The van der Waals surface area contributed by atoms with Gasteiger partial charge in [-0.25, -0.2) is 0 Å². The van der Waals surface area contributed by atoms with Crippen LogP contribution in [0.4, 0.5) is 0 Å². The number of rotatable bonds is 0. The number of nitriles is 1. The second kappa shape index (κ2) is 3.59. The first-order valence-corrected chi connectivity index (χ1v) is 4.28. The molecule has 0 aromatic carbocycles. The number of aromatic nitrogens is 1. The fourth-order valence-corrected chi connectivity index (χ4v) is 1.03. The molecule has 0 atom stereocenters. The summed E-state index contributed by atoms with van der Waals surface area (Å²) in [5.74, 6) is -0.709. The molecular formula is C7H3Cl3N2O.